The Kier molecular flexibility index (Phi) is 1.23. The molecule has 8 heavy (non-hydrogen) atoms. The van der Waals surface area contributed by atoms with Crippen LogP contribution in [0.2, 0.25) is 0 Å². The Morgan fingerprint density at radius 3 is 2.00 bits per heavy atom. The lowest BCUT2D eigenvalue weighted by atomic mass is 10.1. The zero-order chi connectivity index (χ0) is 6.36. The minimum Gasteiger partial charge on any atom is -0.303 e. The molecule has 0 spiro atoms. The highest BCUT2D eigenvalue weighted by atomic mass is 79.9. The molecule has 1 saturated carbocycles. The average Bonchev–Trinajstić information content (AvgIpc) is 2.09. The van der Waals surface area contributed by atoms with Crippen LogP contribution < -0.4 is 0 Å². The summed E-state index contributed by atoms with van der Waals surface area (Å²) in [6.45, 7) is 4.18. The number of halogens is 1. The first-order valence-electron chi connectivity index (χ1n) is 2.70. The summed E-state index contributed by atoms with van der Waals surface area (Å²) in [7, 11) is 0. The van der Waals surface area contributed by atoms with Crippen molar-refractivity contribution in [3.05, 3.63) is 0 Å². The monoisotopic (exact) mass is 176 g/mol. The summed E-state index contributed by atoms with van der Waals surface area (Å²) in [6.07, 6.45) is 1.03. The zero-order valence-corrected chi connectivity index (χ0v) is 6.60. The van der Waals surface area contributed by atoms with Crippen molar-refractivity contribution in [1.82, 2.24) is 0 Å². The van der Waals surface area contributed by atoms with Gasteiger partial charge in [0.05, 0.1) is 0 Å². The second-order valence-corrected chi connectivity index (χ2v) is 3.87. The van der Waals surface area contributed by atoms with Gasteiger partial charge >= 0.3 is 0 Å². The van der Waals surface area contributed by atoms with Crippen molar-refractivity contribution in [1.29, 1.82) is 0 Å². The molecule has 1 aliphatic rings. The summed E-state index contributed by atoms with van der Waals surface area (Å²) >= 11 is 3.40. The standard InChI is InChI=1S/C6H9BrO/c1-6(2)4(3-8)5(6)7/h3-5H,1-2H3. The highest BCUT2D eigenvalue weighted by molar-refractivity contribution is 9.09. The van der Waals surface area contributed by atoms with Crippen molar-refractivity contribution in [2.24, 2.45) is 11.3 Å². The van der Waals surface area contributed by atoms with Gasteiger partial charge in [0, 0.05) is 10.7 Å². The van der Waals surface area contributed by atoms with E-state index in [0.29, 0.717) is 4.83 Å². The lowest BCUT2D eigenvalue weighted by Crippen LogP contribution is -1.89. The van der Waals surface area contributed by atoms with E-state index in [1.54, 1.807) is 0 Å². The minimum atomic E-state index is 0.224. The maximum absolute atomic E-state index is 10.2. The quantitative estimate of drug-likeness (QED) is 0.439. The third-order valence-electron chi connectivity index (χ3n) is 1.92. The summed E-state index contributed by atoms with van der Waals surface area (Å²) in [6, 6.07) is 0. The Morgan fingerprint density at radius 1 is 1.62 bits per heavy atom. The van der Waals surface area contributed by atoms with Gasteiger partial charge in [0.2, 0.25) is 0 Å². The molecule has 1 rings (SSSR count). The molecule has 0 amide bonds. The van der Waals surface area contributed by atoms with Gasteiger partial charge in [-0.15, -0.1) is 0 Å². The molecule has 2 heteroatoms. The number of aldehydes is 1. The van der Waals surface area contributed by atoms with Gasteiger partial charge in [0.25, 0.3) is 0 Å². The van der Waals surface area contributed by atoms with Crippen LogP contribution in [0.4, 0.5) is 0 Å². The zero-order valence-electron chi connectivity index (χ0n) is 5.02. The molecule has 0 aromatic rings. The second-order valence-electron chi connectivity index (χ2n) is 2.88. The summed E-state index contributed by atoms with van der Waals surface area (Å²) in [5, 5.41) is 0. The predicted molar refractivity (Wildman–Crippen MR) is 36.0 cm³/mol. The van der Waals surface area contributed by atoms with Crippen molar-refractivity contribution in [2.45, 2.75) is 18.7 Å². The average molecular weight is 177 g/mol. The highest BCUT2D eigenvalue weighted by Crippen LogP contribution is 2.55. The number of hydrogen-bond donors (Lipinski definition) is 0. The predicted octanol–water partition coefficient (Wildman–Crippen LogP) is 1.60. The first kappa shape index (κ1) is 6.27. The van der Waals surface area contributed by atoms with Gasteiger partial charge in [-0.05, 0) is 5.41 Å². The minimum absolute atomic E-state index is 0.224. The van der Waals surface area contributed by atoms with E-state index in [2.05, 4.69) is 29.8 Å². The Labute approximate surface area is 57.6 Å². The summed E-state index contributed by atoms with van der Waals surface area (Å²) < 4.78 is 0. The van der Waals surface area contributed by atoms with Crippen LogP contribution in [0.15, 0.2) is 0 Å². The molecular weight excluding hydrogens is 168 g/mol. The maximum atomic E-state index is 10.2. The molecule has 0 radical (unpaired) electrons. The van der Waals surface area contributed by atoms with Gasteiger partial charge in [-0.3, -0.25) is 0 Å². The number of rotatable bonds is 1. The van der Waals surface area contributed by atoms with Crippen LogP contribution in [0.1, 0.15) is 13.8 Å². The van der Waals surface area contributed by atoms with Crippen LogP contribution in [0.5, 0.6) is 0 Å². The number of carbonyl (C=O) groups is 1. The number of hydrogen-bond acceptors (Lipinski definition) is 1. The fraction of sp³-hybridized carbons (Fsp3) is 0.833. The van der Waals surface area contributed by atoms with Gasteiger partial charge in [-0.1, -0.05) is 29.8 Å². The van der Waals surface area contributed by atoms with Gasteiger partial charge in [-0.2, -0.15) is 0 Å². The van der Waals surface area contributed by atoms with Gasteiger partial charge in [0.1, 0.15) is 6.29 Å². The molecule has 0 bridgehead atoms. The molecule has 0 aromatic heterocycles. The normalized spacial score (nSPS) is 41.4. The number of carbonyl (C=O) groups excluding carboxylic acids is 1. The molecule has 0 N–H and O–H groups in total. The molecule has 0 aliphatic heterocycles. The third kappa shape index (κ3) is 0.625. The summed E-state index contributed by atoms with van der Waals surface area (Å²) in [5.41, 5.74) is 0.224. The van der Waals surface area contributed by atoms with Crippen LogP contribution in [-0.2, 0) is 4.79 Å². The van der Waals surface area contributed by atoms with Gasteiger partial charge in [0.15, 0.2) is 0 Å². The number of alkyl halides is 1. The summed E-state index contributed by atoms with van der Waals surface area (Å²) in [5.74, 6) is 0.252. The SMILES string of the molecule is CC1(C)C(Br)C1C=O. The van der Waals surface area contributed by atoms with Crippen LogP contribution in [0.25, 0.3) is 0 Å². The Morgan fingerprint density at radius 2 is 2.00 bits per heavy atom. The van der Waals surface area contributed by atoms with Crippen LogP contribution >= 0.6 is 15.9 Å². The van der Waals surface area contributed by atoms with E-state index in [1.165, 1.54) is 0 Å². The molecule has 1 aliphatic carbocycles. The molecule has 46 valence electrons. The Balaban J connectivity index is 2.57. The molecule has 0 aromatic carbocycles. The van der Waals surface area contributed by atoms with E-state index >= 15 is 0 Å². The highest BCUT2D eigenvalue weighted by Gasteiger charge is 2.56. The molecule has 2 atom stereocenters. The van der Waals surface area contributed by atoms with E-state index in [4.69, 9.17) is 0 Å². The first-order valence-corrected chi connectivity index (χ1v) is 3.61. The maximum Gasteiger partial charge on any atom is 0.124 e. The molecule has 0 saturated heterocycles. The van der Waals surface area contributed by atoms with Gasteiger partial charge < -0.3 is 4.79 Å². The summed E-state index contributed by atoms with van der Waals surface area (Å²) in [4.78, 5) is 10.6. The Bertz CT molecular complexity index is 120. The van der Waals surface area contributed by atoms with Crippen molar-refractivity contribution in [3.63, 3.8) is 0 Å². The molecule has 1 nitrogen and oxygen atoms in total. The van der Waals surface area contributed by atoms with Gasteiger partial charge in [-0.25, -0.2) is 0 Å². The lowest BCUT2D eigenvalue weighted by Gasteiger charge is -1.92. The third-order valence-corrected chi connectivity index (χ3v) is 3.67. The van der Waals surface area contributed by atoms with Crippen LogP contribution in [-0.4, -0.2) is 11.1 Å². The molecular formula is C6H9BrO. The first-order chi connectivity index (χ1) is 3.60. The molecule has 2 unspecified atom stereocenters. The van der Waals surface area contributed by atoms with Crippen molar-refractivity contribution < 1.29 is 4.79 Å². The van der Waals surface area contributed by atoms with E-state index in [1.807, 2.05) is 0 Å². The lowest BCUT2D eigenvalue weighted by molar-refractivity contribution is -0.109. The van der Waals surface area contributed by atoms with Crippen molar-refractivity contribution >= 4 is 22.2 Å². The van der Waals surface area contributed by atoms with Crippen LogP contribution in [0, 0.1) is 11.3 Å². The van der Waals surface area contributed by atoms with Crippen LogP contribution in [0.3, 0.4) is 0 Å². The van der Waals surface area contributed by atoms with E-state index in [9.17, 15) is 4.79 Å². The van der Waals surface area contributed by atoms with Crippen molar-refractivity contribution in [2.75, 3.05) is 0 Å². The Hall–Kier alpha value is 0.150. The fourth-order valence-corrected chi connectivity index (χ4v) is 1.82. The van der Waals surface area contributed by atoms with Crippen molar-refractivity contribution in [3.8, 4) is 0 Å². The topological polar surface area (TPSA) is 17.1 Å². The smallest absolute Gasteiger partial charge is 0.124 e. The molecule has 0 heterocycles. The van der Waals surface area contributed by atoms with E-state index < -0.39 is 0 Å². The van der Waals surface area contributed by atoms with E-state index in [-0.39, 0.29) is 11.3 Å². The molecule has 1 fully saturated rings. The largest absolute Gasteiger partial charge is 0.303 e. The second kappa shape index (κ2) is 1.56. The van der Waals surface area contributed by atoms with E-state index in [0.717, 1.165) is 6.29 Å². The fourth-order valence-electron chi connectivity index (χ4n) is 0.858.